The van der Waals surface area contributed by atoms with E-state index in [2.05, 4.69) is 5.32 Å². The number of carbonyl (C=O) groups excluding carboxylic acids is 1. The predicted molar refractivity (Wildman–Crippen MR) is 98.5 cm³/mol. The number of primary sulfonamides is 1. The second kappa shape index (κ2) is 7.91. The fourth-order valence-electron chi connectivity index (χ4n) is 2.30. The average molecular weight is 418 g/mol. The maximum atomic E-state index is 12.5. The fraction of sp³-hybridized carbons (Fsp3) is 0.235. The first kappa shape index (κ1) is 21.3. The zero-order valence-electron chi connectivity index (χ0n) is 14.4. The molecule has 3 N–H and O–H groups in total. The number of amides is 1. The molecular formula is C17H17F3N2O3S2. The number of carbonyl (C=O) groups is 1. The second-order valence-electron chi connectivity index (χ2n) is 5.82. The maximum Gasteiger partial charge on any atom is 0.398 e. The minimum absolute atomic E-state index is 0.0396. The molecule has 0 aliphatic heterocycles. The monoisotopic (exact) mass is 418 g/mol. The second-order valence-corrected chi connectivity index (χ2v) is 8.36. The van der Waals surface area contributed by atoms with Crippen molar-refractivity contribution in [2.75, 3.05) is 11.1 Å². The first-order valence-corrected chi connectivity index (χ1v) is 10.2. The van der Waals surface area contributed by atoms with Gasteiger partial charge in [0.05, 0.1) is 16.3 Å². The van der Waals surface area contributed by atoms with Gasteiger partial charge in [0.25, 0.3) is 5.91 Å². The molecule has 2 rings (SSSR count). The smallest absolute Gasteiger partial charge is 0.321 e. The molecule has 0 radical (unpaired) electrons. The number of para-hydroxylation sites is 1. The van der Waals surface area contributed by atoms with Gasteiger partial charge < -0.3 is 5.32 Å². The summed E-state index contributed by atoms with van der Waals surface area (Å²) in [6.45, 7) is 3.20. The van der Waals surface area contributed by atoms with Crippen LogP contribution in [-0.2, 0) is 10.0 Å². The number of hydrogen-bond acceptors (Lipinski definition) is 4. The lowest BCUT2D eigenvalue weighted by atomic mass is 10.1. The van der Waals surface area contributed by atoms with Crippen LogP contribution in [0.2, 0.25) is 0 Å². The molecule has 2 aromatic rings. The third-order valence-electron chi connectivity index (χ3n) is 3.72. The number of nitrogens with one attached hydrogen (secondary N) is 1. The van der Waals surface area contributed by atoms with Gasteiger partial charge in [-0.15, -0.1) is 11.8 Å². The minimum Gasteiger partial charge on any atom is -0.321 e. The molecule has 2 aromatic carbocycles. The van der Waals surface area contributed by atoms with Crippen molar-refractivity contribution >= 4 is 33.4 Å². The molecule has 146 valence electrons. The molecule has 0 aliphatic rings. The number of benzene rings is 2. The Labute approximate surface area is 159 Å². The van der Waals surface area contributed by atoms with Crippen LogP contribution in [0.5, 0.6) is 0 Å². The van der Waals surface area contributed by atoms with Gasteiger partial charge in [0.1, 0.15) is 0 Å². The molecule has 1 amide bonds. The summed E-state index contributed by atoms with van der Waals surface area (Å²) in [5, 5.41) is 7.71. The molecule has 0 aliphatic carbocycles. The van der Waals surface area contributed by atoms with Crippen LogP contribution in [-0.4, -0.2) is 26.3 Å². The Morgan fingerprint density at radius 2 is 1.81 bits per heavy atom. The molecule has 0 fully saturated rings. The highest BCUT2D eigenvalue weighted by molar-refractivity contribution is 7.99. The highest BCUT2D eigenvalue weighted by atomic mass is 32.2. The quantitative estimate of drug-likeness (QED) is 0.722. The Morgan fingerprint density at radius 3 is 2.41 bits per heavy atom. The van der Waals surface area contributed by atoms with Crippen molar-refractivity contribution in [3.8, 4) is 0 Å². The van der Waals surface area contributed by atoms with Gasteiger partial charge in [-0.25, -0.2) is 13.6 Å². The van der Waals surface area contributed by atoms with E-state index < -0.39 is 27.9 Å². The Balaban J connectivity index is 2.33. The number of hydrogen-bond donors (Lipinski definition) is 2. The van der Waals surface area contributed by atoms with E-state index in [9.17, 15) is 26.4 Å². The lowest BCUT2D eigenvalue weighted by Crippen LogP contribution is -2.18. The Kier molecular flexibility index (Phi) is 6.23. The predicted octanol–water partition coefficient (Wildman–Crippen LogP) is 3.86. The van der Waals surface area contributed by atoms with E-state index in [1.54, 1.807) is 26.0 Å². The van der Waals surface area contributed by atoms with Crippen LogP contribution in [0, 0.1) is 13.8 Å². The number of halogens is 3. The van der Waals surface area contributed by atoms with Gasteiger partial charge in [0, 0.05) is 10.5 Å². The van der Waals surface area contributed by atoms with Crippen LogP contribution >= 0.6 is 11.8 Å². The lowest BCUT2D eigenvalue weighted by molar-refractivity contribution is -0.105. The lowest BCUT2D eigenvalue weighted by Gasteiger charge is -2.14. The minimum atomic E-state index is -4.35. The Bertz CT molecular complexity index is 974. The molecule has 27 heavy (non-hydrogen) atoms. The van der Waals surface area contributed by atoms with Gasteiger partial charge in [-0.3, -0.25) is 4.79 Å². The number of aryl methyl sites for hydroxylation is 1. The SMILES string of the molecule is Cc1cc(C(=O)Nc2ccccc2SCC(F)(F)F)cc(S(N)(=O)=O)c1C. The standard InChI is InChI=1S/C17H17F3N2O3S2/c1-10-7-12(8-15(11(10)2)27(21,24)25)16(23)22-13-5-3-4-6-14(13)26-9-17(18,19)20/h3-8H,9H2,1-2H3,(H,22,23)(H2,21,24,25). The van der Waals surface area contributed by atoms with Gasteiger partial charge in [-0.2, -0.15) is 13.2 Å². The molecule has 0 aromatic heterocycles. The van der Waals surface area contributed by atoms with Crippen molar-refractivity contribution in [1.29, 1.82) is 0 Å². The number of anilines is 1. The third kappa shape index (κ3) is 5.72. The number of sulfonamides is 1. The van der Waals surface area contributed by atoms with E-state index in [4.69, 9.17) is 5.14 Å². The van der Waals surface area contributed by atoms with Crippen LogP contribution < -0.4 is 10.5 Å². The molecule has 5 nitrogen and oxygen atoms in total. The van der Waals surface area contributed by atoms with Crippen molar-refractivity contribution in [3.05, 3.63) is 53.1 Å². The van der Waals surface area contributed by atoms with Crippen molar-refractivity contribution < 1.29 is 26.4 Å². The van der Waals surface area contributed by atoms with Crippen molar-refractivity contribution in [1.82, 2.24) is 0 Å². The largest absolute Gasteiger partial charge is 0.398 e. The molecule has 0 unspecified atom stereocenters. The van der Waals surface area contributed by atoms with Crippen LogP contribution in [0.1, 0.15) is 21.5 Å². The van der Waals surface area contributed by atoms with E-state index in [-0.39, 0.29) is 21.0 Å². The molecule has 0 heterocycles. The van der Waals surface area contributed by atoms with Crippen LogP contribution in [0.25, 0.3) is 0 Å². The van der Waals surface area contributed by atoms with Gasteiger partial charge in [-0.1, -0.05) is 12.1 Å². The molecule has 0 spiro atoms. The molecule has 10 heteroatoms. The van der Waals surface area contributed by atoms with Gasteiger partial charge in [0.2, 0.25) is 10.0 Å². The van der Waals surface area contributed by atoms with Crippen molar-refractivity contribution in [2.45, 2.75) is 29.8 Å². The highest BCUT2D eigenvalue weighted by Gasteiger charge is 2.28. The molecule has 0 bridgehead atoms. The molecular weight excluding hydrogens is 401 g/mol. The first-order valence-electron chi connectivity index (χ1n) is 7.62. The summed E-state index contributed by atoms with van der Waals surface area (Å²) in [7, 11) is -4.03. The maximum absolute atomic E-state index is 12.5. The highest BCUT2D eigenvalue weighted by Crippen LogP contribution is 2.32. The number of nitrogens with two attached hydrogens (primary N) is 1. The van der Waals surface area contributed by atoms with Crippen LogP contribution in [0.3, 0.4) is 0 Å². The van der Waals surface area contributed by atoms with Gasteiger partial charge in [0.15, 0.2) is 0 Å². The normalized spacial score (nSPS) is 12.1. The fourth-order valence-corrected chi connectivity index (χ4v) is 3.95. The average Bonchev–Trinajstić information content (AvgIpc) is 2.54. The van der Waals surface area contributed by atoms with Crippen molar-refractivity contribution in [3.63, 3.8) is 0 Å². The van der Waals surface area contributed by atoms with Crippen LogP contribution in [0.15, 0.2) is 46.2 Å². The van der Waals surface area contributed by atoms with Gasteiger partial charge in [-0.05, 0) is 49.2 Å². The topological polar surface area (TPSA) is 89.3 Å². The summed E-state index contributed by atoms with van der Waals surface area (Å²) in [6, 6.07) is 8.70. The zero-order chi connectivity index (χ0) is 20.4. The Morgan fingerprint density at radius 1 is 1.19 bits per heavy atom. The van der Waals surface area contributed by atoms with Gasteiger partial charge >= 0.3 is 6.18 Å². The van der Waals surface area contributed by atoms with E-state index >= 15 is 0 Å². The summed E-state index contributed by atoms with van der Waals surface area (Å²) in [5.41, 5.74) is 1.21. The Hall–Kier alpha value is -2.04. The van der Waals surface area contributed by atoms with Crippen LogP contribution in [0.4, 0.5) is 18.9 Å². The summed E-state index contributed by atoms with van der Waals surface area (Å²) >= 11 is 0.549. The zero-order valence-corrected chi connectivity index (χ0v) is 16.1. The molecule has 0 saturated heterocycles. The number of rotatable bonds is 5. The summed E-state index contributed by atoms with van der Waals surface area (Å²) in [6.07, 6.45) is -4.35. The van der Waals surface area contributed by atoms with E-state index in [1.807, 2.05) is 0 Å². The third-order valence-corrected chi connectivity index (χ3v) is 5.89. The van der Waals surface area contributed by atoms with E-state index in [0.717, 1.165) is 6.07 Å². The number of thioether (sulfide) groups is 1. The first-order chi connectivity index (χ1) is 12.4. The molecule has 0 saturated carbocycles. The summed E-state index contributed by atoms with van der Waals surface area (Å²) < 4.78 is 60.8. The van der Waals surface area contributed by atoms with E-state index in [1.165, 1.54) is 18.2 Å². The van der Waals surface area contributed by atoms with Crippen molar-refractivity contribution in [2.24, 2.45) is 5.14 Å². The molecule has 0 atom stereocenters. The summed E-state index contributed by atoms with van der Waals surface area (Å²) in [5.74, 6) is -1.75. The summed E-state index contributed by atoms with van der Waals surface area (Å²) in [4.78, 5) is 12.6. The van der Waals surface area contributed by atoms with E-state index in [0.29, 0.717) is 22.9 Å². The number of alkyl halides is 3.